The molecule has 3 heterocycles. The molecule has 3 aliphatic heterocycles. The molecule has 2 atom stereocenters. The van der Waals surface area contributed by atoms with E-state index < -0.39 is 15.9 Å². The van der Waals surface area contributed by atoms with Crippen LogP contribution in [0.15, 0.2) is 18.2 Å². The highest BCUT2D eigenvalue weighted by Gasteiger charge is 2.40. The van der Waals surface area contributed by atoms with Crippen molar-refractivity contribution in [2.24, 2.45) is 0 Å². The van der Waals surface area contributed by atoms with Crippen LogP contribution in [0, 0.1) is 0 Å². The van der Waals surface area contributed by atoms with Gasteiger partial charge < -0.3 is 14.6 Å². The second kappa shape index (κ2) is 6.18. The molecule has 0 amide bonds. The van der Waals surface area contributed by atoms with Gasteiger partial charge in [0, 0.05) is 32.7 Å². The molecule has 7 nitrogen and oxygen atoms in total. The standard InChI is InChI=1S/C16H22N2O5S/c19-14-10-24(20,21)9-13(14)18-5-3-17(4-6-18)8-12-1-2-15-16(7-12)23-11-22-15/h1-2,7,13-14,19H,3-6,8-11H2/t13-,14-/m0/s1. The Balaban J connectivity index is 1.33. The van der Waals surface area contributed by atoms with E-state index in [4.69, 9.17) is 9.47 Å². The van der Waals surface area contributed by atoms with E-state index in [2.05, 4.69) is 9.80 Å². The zero-order valence-corrected chi connectivity index (χ0v) is 14.2. The van der Waals surface area contributed by atoms with Crippen LogP contribution in [0.4, 0.5) is 0 Å². The minimum absolute atomic E-state index is 0.0797. The molecule has 0 aromatic heterocycles. The summed E-state index contributed by atoms with van der Waals surface area (Å²) in [7, 11) is -3.09. The van der Waals surface area contributed by atoms with Crippen molar-refractivity contribution in [3.63, 3.8) is 0 Å². The normalized spacial score (nSPS) is 29.9. The van der Waals surface area contributed by atoms with Gasteiger partial charge in [0.05, 0.1) is 23.7 Å². The fraction of sp³-hybridized carbons (Fsp3) is 0.625. The third kappa shape index (κ3) is 3.23. The third-order valence-corrected chi connectivity index (χ3v) is 6.71. The number of fused-ring (bicyclic) bond motifs is 1. The van der Waals surface area contributed by atoms with Gasteiger partial charge in [-0.05, 0) is 17.7 Å². The lowest BCUT2D eigenvalue weighted by atomic mass is 10.1. The fourth-order valence-corrected chi connectivity index (χ4v) is 5.54. The number of benzene rings is 1. The topological polar surface area (TPSA) is 79.3 Å². The summed E-state index contributed by atoms with van der Waals surface area (Å²) in [6.07, 6.45) is -0.754. The number of rotatable bonds is 3. The predicted molar refractivity (Wildman–Crippen MR) is 87.9 cm³/mol. The second-order valence-electron chi connectivity index (χ2n) is 6.71. The molecule has 0 saturated carbocycles. The summed E-state index contributed by atoms with van der Waals surface area (Å²) in [4.78, 5) is 4.45. The number of hydrogen-bond donors (Lipinski definition) is 1. The van der Waals surface area contributed by atoms with Crippen LogP contribution in [0.25, 0.3) is 0 Å². The van der Waals surface area contributed by atoms with E-state index in [-0.39, 0.29) is 24.3 Å². The molecule has 0 aliphatic carbocycles. The molecule has 2 saturated heterocycles. The van der Waals surface area contributed by atoms with Crippen LogP contribution in [0.1, 0.15) is 5.56 Å². The smallest absolute Gasteiger partial charge is 0.231 e. The summed E-state index contributed by atoms with van der Waals surface area (Å²) in [5, 5.41) is 10.0. The van der Waals surface area contributed by atoms with Crippen LogP contribution < -0.4 is 9.47 Å². The average molecular weight is 354 g/mol. The van der Waals surface area contributed by atoms with Crippen LogP contribution in [0.5, 0.6) is 11.5 Å². The molecule has 0 spiro atoms. The van der Waals surface area contributed by atoms with Gasteiger partial charge in [-0.2, -0.15) is 0 Å². The van der Waals surface area contributed by atoms with Crippen molar-refractivity contribution in [1.29, 1.82) is 0 Å². The first-order chi connectivity index (χ1) is 11.5. The molecule has 8 heteroatoms. The van der Waals surface area contributed by atoms with Gasteiger partial charge in [-0.25, -0.2) is 8.42 Å². The summed E-state index contributed by atoms with van der Waals surface area (Å²) >= 11 is 0. The van der Waals surface area contributed by atoms with E-state index in [0.717, 1.165) is 44.2 Å². The van der Waals surface area contributed by atoms with Crippen molar-refractivity contribution in [2.75, 3.05) is 44.5 Å². The highest BCUT2D eigenvalue weighted by atomic mass is 32.2. The largest absolute Gasteiger partial charge is 0.454 e. The zero-order chi connectivity index (χ0) is 16.7. The van der Waals surface area contributed by atoms with Gasteiger partial charge in [0.15, 0.2) is 21.3 Å². The van der Waals surface area contributed by atoms with Crippen molar-refractivity contribution in [3.05, 3.63) is 23.8 Å². The lowest BCUT2D eigenvalue weighted by molar-refractivity contribution is 0.0424. The van der Waals surface area contributed by atoms with E-state index in [1.165, 1.54) is 5.56 Å². The molecule has 0 bridgehead atoms. The molecule has 1 aromatic rings. The van der Waals surface area contributed by atoms with Gasteiger partial charge in [-0.3, -0.25) is 9.80 Å². The maximum atomic E-state index is 11.7. The number of piperazine rings is 1. The molecule has 132 valence electrons. The maximum absolute atomic E-state index is 11.7. The Kier molecular flexibility index (Phi) is 4.16. The van der Waals surface area contributed by atoms with Crippen molar-refractivity contribution in [1.82, 2.24) is 9.80 Å². The molecule has 0 unspecified atom stereocenters. The molecular weight excluding hydrogens is 332 g/mol. The van der Waals surface area contributed by atoms with E-state index in [9.17, 15) is 13.5 Å². The lowest BCUT2D eigenvalue weighted by Gasteiger charge is -2.38. The quantitative estimate of drug-likeness (QED) is 0.798. The van der Waals surface area contributed by atoms with E-state index in [1.807, 2.05) is 18.2 Å². The minimum atomic E-state index is -3.09. The summed E-state index contributed by atoms with van der Waals surface area (Å²) in [6, 6.07) is 5.76. The van der Waals surface area contributed by atoms with E-state index >= 15 is 0 Å². The van der Waals surface area contributed by atoms with Crippen molar-refractivity contribution >= 4 is 9.84 Å². The van der Waals surface area contributed by atoms with Crippen molar-refractivity contribution in [2.45, 2.75) is 18.7 Å². The van der Waals surface area contributed by atoms with Crippen LogP contribution in [0.2, 0.25) is 0 Å². The van der Waals surface area contributed by atoms with Gasteiger partial charge >= 0.3 is 0 Å². The fourth-order valence-electron chi connectivity index (χ4n) is 3.71. The van der Waals surface area contributed by atoms with Gasteiger partial charge in [0.25, 0.3) is 0 Å². The number of nitrogens with zero attached hydrogens (tertiary/aromatic N) is 2. The molecule has 1 aromatic carbocycles. The SMILES string of the molecule is O=S1(=O)C[C@H](O)[C@@H](N2CCN(Cc3ccc4c(c3)OCO4)CC2)C1. The van der Waals surface area contributed by atoms with Crippen molar-refractivity contribution in [3.8, 4) is 11.5 Å². The number of aliphatic hydroxyl groups excluding tert-OH is 1. The average Bonchev–Trinajstić information content (AvgIpc) is 3.11. The lowest BCUT2D eigenvalue weighted by Crippen LogP contribution is -2.53. The first-order valence-electron chi connectivity index (χ1n) is 8.24. The molecule has 3 aliphatic rings. The highest BCUT2D eigenvalue weighted by Crippen LogP contribution is 2.33. The Hall–Kier alpha value is -1.35. The second-order valence-corrected chi connectivity index (χ2v) is 8.87. The van der Waals surface area contributed by atoms with Gasteiger partial charge in [-0.1, -0.05) is 6.07 Å². The number of hydrogen-bond acceptors (Lipinski definition) is 7. The molecule has 2 fully saturated rings. The molecular formula is C16H22N2O5S. The third-order valence-electron chi connectivity index (χ3n) is 5.01. The number of sulfone groups is 1. The summed E-state index contributed by atoms with van der Waals surface area (Å²) in [5.41, 5.74) is 1.18. The number of ether oxygens (including phenoxy) is 2. The predicted octanol–water partition coefficient (Wildman–Crippen LogP) is -0.309. The minimum Gasteiger partial charge on any atom is -0.454 e. The summed E-state index contributed by atoms with van der Waals surface area (Å²) in [6.45, 7) is 4.39. The Bertz CT molecular complexity index is 715. The maximum Gasteiger partial charge on any atom is 0.231 e. The Morgan fingerprint density at radius 1 is 1.08 bits per heavy atom. The van der Waals surface area contributed by atoms with Crippen LogP contribution >= 0.6 is 0 Å². The summed E-state index contributed by atoms with van der Waals surface area (Å²) < 4.78 is 34.1. The summed E-state index contributed by atoms with van der Waals surface area (Å²) in [5.74, 6) is 1.57. The van der Waals surface area contributed by atoms with Crippen molar-refractivity contribution < 1.29 is 23.0 Å². The van der Waals surface area contributed by atoms with E-state index in [1.54, 1.807) is 0 Å². The molecule has 24 heavy (non-hydrogen) atoms. The highest BCUT2D eigenvalue weighted by molar-refractivity contribution is 7.91. The van der Waals surface area contributed by atoms with Gasteiger partial charge in [0.1, 0.15) is 0 Å². The van der Waals surface area contributed by atoms with Gasteiger partial charge in [-0.15, -0.1) is 0 Å². The van der Waals surface area contributed by atoms with Crippen LogP contribution in [-0.4, -0.2) is 79.9 Å². The molecule has 0 radical (unpaired) electrons. The monoisotopic (exact) mass is 354 g/mol. The Labute approximate surface area is 141 Å². The number of aliphatic hydroxyl groups is 1. The Morgan fingerprint density at radius 2 is 1.83 bits per heavy atom. The molecule has 1 N–H and O–H groups in total. The van der Waals surface area contributed by atoms with Gasteiger partial charge in [0.2, 0.25) is 6.79 Å². The Morgan fingerprint density at radius 3 is 2.54 bits per heavy atom. The first-order valence-corrected chi connectivity index (χ1v) is 10.1. The zero-order valence-electron chi connectivity index (χ0n) is 13.4. The van der Waals surface area contributed by atoms with Crippen LogP contribution in [0.3, 0.4) is 0 Å². The van der Waals surface area contributed by atoms with E-state index in [0.29, 0.717) is 0 Å². The van der Waals surface area contributed by atoms with Crippen LogP contribution in [-0.2, 0) is 16.4 Å². The molecule has 4 rings (SSSR count). The first kappa shape index (κ1) is 16.1.